The standard InChI is InChI=1S/C7H9F3O3/c1-4(6(12)13-2)3-5(11)7(8,9)10/h5,11H,1,3H2,2H3. The van der Waals surface area contributed by atoms with Gasteiger partial charge in [0.05, 0.1) is 7.11 Å². The molecule has 0 amide bonds. The molecule has 0 spiro atoms. The number of rotatable bonds is 3. The van der Waals surface area contributed by atoms with Crippen LogP contribution in [0.3, 0.4) is 0 Å². The number of esters is 1. The van der Waals surface area contributed by atoms with Gasteiger partial charge in [-0.15, -0.1) is 0 Å². The van der Waals surface area contributed by atoms with Crippen LogP contribution in [0.5, 0.6) is 0 Å². The molecule has 6 heteroatoms. The van der Waals surface area contributed by atoms with Crippen molar-refractivity contribution >= 4 is 5.97 Å². The molecule has 0 fully saturated rings. The van der Waals surface area contributed by atoms with E-state index in [0.717, 1.165) is 7.11 Å². The quantitative estimate of drug-likeness (QED) is 0.544. The van der Waals surface area contributed by atoms with Gasteiger partial charge < -0.3 is 9.84 Å². The summed E-state index contributed by atoms with van der Waals surface area (Å²) >= 11 is 0. The Bertz CT molecular complexity index is 210. The van der Waals surface area contributed by atoms with Crippen molar-refractivity contribution in [1.29, 1.82) is 0 Å². The number of halogens is 3. The number of carbonyl (C=O) groups is 1. The summed E-state index contributed by atoms with van der Waals surface area (Å²) in [5.41, 5.74) is -0.410. The van der Waals surface area contributed by atoms with Crippen LogP contribution in [0.1, 0.15) is 6.42 Å². The predicted molar refractivity (Wildman–Crippen MR) is 37.8 cm³/mol. The third kappa shape index (κ3) is 3.93. The molecule has 0 bridgehead atoms. The maximum Gasteiger partial charge on any atom is 0.414 e. The molecule has 3 nitrogen and oxygen atoms in total. The van der Waals surface area contributed by atoms with E-state index in [2.05, 4.69) is 11.3 Å². The largest absolute Gasteiger partial charge is 0.466 e. The smallest absolute Gasteiger partial charge is 0.414 e. The summed E-state index contributed by atoms with van der Waals surface area (Å²) in [5, 5.41) is 8.51. The van der Waals surface area contributed by atoms with E-state index in [-0.39, 0.29) is 0 Å². The van der Waals surface area contributed by atoms with Gasteiger partial charge in [0, 0.05) is 12.0 Å². The Balaban J connectivity index is 4.15. The van der Waals surface area contributed by atoms with Gasteiger partial charge in [-0.05, 0) is 0 Å². The van der Waals surface area contributed by atoms with Gasteiger partial charge in [-0.25, -0.2) is 4.79 Å². The van der Waals surface area contributed by atoms with E-state index in [9.17, 15) is 18.0 Å². The molecule has 0 rings (SSSR count). The molecule has 0 radical (unpaired) electrons. The van der Waals surface area contributed by atoms with Gasteiger partial charge in [0.1, 0.15) is 0 Å². The predicted octanol–water partition coefficient (Wildman–Crippen LogP) is 1.03. The van der Waals surface area contributed by atoms with Crippen LogP contribution in [0.25, 0.3) is 0 Å². The lowest BCUT2D eigenvalue weighted by Crippen LogP contribution is -2.29. The molecular formula is C7H9F3O3. The third-order valence-electron chi connectivity index (χ3n) is 1.29. The average molecular weight is 198 g/mol. The van der Waals surface area contributed by atoms with Crippen molar-refractivity contribution in [2.24, 2.45) is 0 Å². The van der Waals surface area contributed by atoms with Crippen molar-refractivity contribution in [2.45, 2.75) is 18.7 Å². The first-order valence-corrected chi connectivity index (χ1v) is 3.30. The molecule has 0 aliphatic carbocycles. The van der Waals surface area contributed by atoms with Gasteiger partial charge >= 0.3 is 12.1 Å². The van der Waals surface area contributed by atoms with Crippen molar-refractivity contribution in [2.75, 3.05) is 7.11 Å². The topological polar surface area (TPSA) is 46.5 Å². The lowest BCUT2D eigenvalue weighted by molar-refractivity contribution is -0.203. The van der Waals surface area contributed by atoms with Crippen LogP contribution in [0, 0.1) is 0 Å². The third-order valence-corrected chi connectivity index (χ3v) is 1.29. The molecule has 0 aliphatic rings. The molecule has 0 aromatic rings. The Morgan fingerprint density at radius 3 is 2.38 bits per heavy atom. The molecule has 0 aromatic heterocycles. The zero-order chi connectivity index (χ0) is 10.6. The van der Waals surface area contributed by atoms with Gasteiger partial charge in [-0.2, -0.15) is 13.2 Å². The van der Waals surface area contributed by atoms with Gasteiger partial charge in [-0.3, -0.25) is 0 Å². The van der Waals surface area contributed by atoms with Gasteiger partial charge in [0.2, 0.25) is 0 Å². The molecule has 0 saturated carbocycles. The zero-order valence-corrected chi connectivity index (χ0v) is 6.89. The van der Waals surface area contributed by atoms with Gasteiger partial charge in [-0.1, -0.05) is 6.58 Å². The highest BCUT2D eigenvalue weighted by atomic mass is 19.4. The van der Waals surface area contributed by atoms with E-state index in [0.29, 0.717) is 0 Å². The summed E-state index contributed by atoms with van der Waals surface area (Å²) in [5.74, 6) is -0.955. The van der Waals surface area contributed by atoms with Crippen LogP contribution in [-0.2, 0) is 9.53 Å². The number of hydrogen-bond donors (Lipinski definition) is 1. The molecule has 0 aromatic carbocycles. The van der Waals surface area contributed by atoms with Gasteiger partial charge in [0.15, 0.2) is 6.10 Å². The van der Waals surface area contributed by atoms with E-state index in [4.69, 9.17) is 5.11 Å². The minimum Gasteiger partial charge on any atom is -0.466 e. The molecule has 0 saturated heterocycles. The van der Waals surface area contributed by atoms with Crippen molar-refractivity contribution in [3.05, 3.63) is 12.2 Å². The number of ether oxygens (including phenoxy) is 1. The maximum absolute atomic E-state index is 11.7. The first kappa shape index (κ1) is 12.0. The van der Waals surface area contributed by atoms with E-state index in [1.165, 1.54) is 0 Å². The Morgan fingerprint density at radius 2 is 2.08 bits per heavy atom. The minimum atomic E-state index is -4.74. The average Bonchev–Trinajstić information content (AvgIpc) is 2.01. The van der Waals surface area contributed by atoms with Crippen LogP contribution in [0.2, 0.25) is 0 Å². The van der Waals surface area contributed by atoms with Crippen molar-refractivity contribution in [3.63, 3.8) is 0 Å². The highest BCUT2D eigenvalue weighted by Crippen LogP contribution is 2.24. The molecule has 1 N–H and O–H groups in total. The number of methoxy groups -OCH3 is 1. The fourth-order valence-electron chi connectivity index (χ4n) is 0.577. The van der Waals surface area contributed by atoms with E-state index in [1.807, 2.05) is 0 Å². The zero-order valence-electron chi connectivity index (χ0n) is 6.89. The number of carbonyl (C=O) groups excluding carboxylic acids is 1. The molecule has 0 aliphatic heterocycles. The van der Waals surface area contributed by atoms with E-state index >= 15 is 0 Å². The van der Waals surface area contributed by atoms with E-state index < -0.39 is 30.2 Å². The first-order chi connectivity index (χ1) is 5.79. The summed E-state index contributed by atoms with van der Waals surface area (Å²) in [6.45, 7) is 3.04. The minimum absolute atomic E-state index is 0.410. The Hall–Kier alpha value is -1.04. The highest BCUT2D eigenvalue weighted by Gasteiger charge is 2.38. The monoisotopic (exact) mass is 198 g/mol. The number of alkyl halides is 3. The van der Waals surface area contributed by atoms with E-state index in [1.54, 1.807) is 0 Å². The number of aliphatic hydroxyl groups is 1. The normalized spacial score (nSPS) is 13.6. The molecule has 1 atom stereocenters. The lowest BCUT2D eigenvalue weighted by atomic mass is 10.1. The van der Waals surface area contributed by atoms with Crippen LogP contribution in [0.4, 0.5) is 13.2 Å². The Labute approximate surface area is 72.8 Å². The van der Waals surface area contributed by atoms with Crippen molar-refractivity contribution < 1.29 is 27.8 Å². The fourth-order valence-corrected chi connectivity index (χ4v) is 0.577. The lowest BCUT2D eigenvalue weighted by Gasteiger charge is -2.14. The first-order valence-electron chi connectivity index (χ1n) is 3.30. The Kier molecular flexibility index (Phi) is 3.93. The molecule has 13 heavy (non-hydrogen) atoms. The van der Waals surface area contributed by atoms with Crippen LogP contribution in [0.15, 0.2) is 12.2 Å². The van der Waals surface area contributed by atoms with Crippen LogP contribution < -0.4 is 0 Å². The molecule has 0 heterocycles. The van der Waals surface area contributed by atoms with Crippen LogP contribution >= 0.6 is 0 Å². The van der Waals surface area contributed by atoms with Crippen molar-refractivity contribution in [1.82, 2.24) is 0 Å². The molecule has 1 unspecified atom stereocenters. The molecule has 76 valence electrons. The summed E-state index contributed by atoms with van der Waals surface area (Å²) in [6, 6.07) is 0. The molecular weight excluding hydrogens is 189 g/mol. The summed E-state index contributed by atoms with van der Waals surface area (Å²) in [4.78, 5) is 10.6. The van der Waals surface area contributed by atoms with Crippen LogP contribution in [-0.4, -0.2) is 30.5 Å². The Morgan fingerprint density at radius 1 is 1.62 bits per heavy atom. The fraction of sp³-hybridized carbons (Fsp3) is 0.571. The second-order valence-electron chi connectivity index (χ2n) is 2.36. The number of aliphatic hydroxyl groups excluding tert-OH is 1. The second kappa shape index (κ2) is 4.27. The van der Waals surface area contributed by atoms with Gasteiger partial charge in [0.25, 0.3) is 0 Å². The number of hydrogen-bond acceptors (Lipinski definition) is 3. The maximum atomic E-state index is 11.7. The summed E-state index contributed by atoms with van der Waals surface area (Å²) in [6.07, 6.45) is -8.17. The van der Waals surface area contributed by atoms with Crippen molar-refractivity contribution in [3.8, 4) is 0 Å². The SMILES string of the molecule is C=C(CC(O)C(F)(F)F)C(=O)OC. The second-order valence-corrected chi connectivity index (χ2v) is 2.36. The highest BCUT2D eigenvalue weighted by molar-refractivity contribution is 5.87. The summed E-state index contributed by atoms with van der Waals surface area (Å²) < 4.78 is 39.3. The summed E-state index contributed by atoms with van der Waals surface area (Å²) in [7, 11) is 1.02.